The van der Waals surface area contributed by atoms with Crippen LogP contribution in [-0.4, -0.2) is 36.1 Å². The Kier molecular flexibility index (Phi) is 6.52. The minimum atomic E-state index is -0.489. The number of nitro groups is 1. The molecule has 0 atom stereocenters. The van der Waals surface area contributed by atoms with E-state index in [0.717, 1.165) is 5.56 Å². The molecule has 32 heavy (non-hydrogen) atoms. The summed E-state index contributed by atoms with van der Waals surface area (Å²) >= 11 is 7.21. The van der Waals surface area contributed by atoms with Crippen LogP contribution in [0.5, 0.6) is 0 Å². The van der Waals surface area contributed by atoms with Crippen LogP contribution in [0.4, 0.5) is 11.4 Å². The molecule has 0 spiro atoms. The smallest absolute Gasteiger partial charge is 0.269 e. The number of benzene rings is 2. The van der Waals surface area contributed by atoms with Crippen LogP contribution >= 0.6 is 23.4 Å². The maximum atomic E-state index is 12.4. The average Bonchev–Trinajstić information content (AvgIpc) is 3.44. The van der Waals surface area contributed by atoms with Crippen LogP contribution in [0.3, 0.4) is 0 Å². The number of rotatable bonds is 8. The third kappa shape index (κ3) is 5.16. The summed E-state index contributed by atoms with van der Waals surface area (Å²) in [6.07, 6.45) is 4.28. The fourth-order valence-corrected chi connectivity index (χ4v) is 3.84. The first-order chi connectivity index (χ1) is 15.5. The first kappa shape index (κ1) is 21.6. The molecule has 0 saturated heterocycles. The molecule has 2 aromatic carbocycles. The van der Waals surface area contributed by atoms with Gasteiger partial charge in [-0.3, -0.25) is 19.6 Å². The summed E-state index contributed by atoms with van der Waals surface area (Å²) in [7, 11) is 0. The van der Waals surface area contributed by atoms with Crippen molar-refractivity contribution in [1.82, 2.24) is 19.5 Å². The highest BCUT2D eigenvalue weighted by atomic mass is 35.5. The predicted molar refractivity (Wildman–Crippen MR) is 122 cm³/mol. The van der Waals surface area contributed by atoms with Crippen LogP contribution in [0.25, 0.3) is 0 Å². The number of halogens is 1. The topological polar surface area (TPSA) is 108 Å². The first-order valence-electron chi connectivity index (χ1n) is 9.49. The van der Waals surface area contributed by atoms with Crippen LogP contribution < -0.4 is 5.32 Å². The zero-order valence-corrected chi connectivity index (χ0v) is 18.2. The monoisotopic (exact) mass is 468 g/mol. The van der Waals surface area contributed by atoms with E-state index in [1.165, 1.54) is 36.0 Å². The summed E-state index contributed by atoms with van der Waals surface area (Å²) in [4.78, 5) is 22.6. The Morgan fingerprint density at radius 1 is 1.06 bits per heavy atom. The van der Waals surface area contributed by atoms with E-state index < -0.39 is 4.92 Å². The van der Waals surface area contributed by atoms with Crippen molar-refractivity contribution in [3.05, 3.63) is 99.6 Å². The standard InChI is InChI=1S/C21H17ClN6O3S/c22-16-5-3-15(4-6-16)13-19-24-25-21(27(19)26-11-1-2-12-26)32-14-20(29)23-17-7-9-18(10-8-17)28(30)31/h1-12H,13-14H2,(H,23,29). The number of anilines is 1. The lowest BCUT2D eigenvalue weighted by Crippen LogP contribution is -2.16. The Morgan fingerprint density at radius 3 is 2.41 bits per heavy atom. The van der Waals surface area contributed by atoms with Crippen molar-refractivity contribution in [2.24, 2.45) is 0 Å². The van der Waals surface area contributed by atoms with Gasteiger partial charge >= 0.3 is 0 Å². The molecule has 0 saturated carbocycles. The second-order valence-corrected chi connectivity index (χ2v) is 8.10. The quantitative estimate of drug-likeness (QED) is 0.235. The van der Waals surface area contributed by atoms with Crippen LogP contribution in [0.1, 0.15) is 11.4 Å². The number of non-ortho nitro benzene ring substituents is 1. The van der Waals surface area contributed by atoms with Crippen molar-refractivity contribution in [1.29, 1.82) is 0 Å². The highest BCUT2D eigenvalue weighted by Crippen LogP contribution is 2.21. The average molecular weight is 469 g/mol. The molecule has 0 radical (unpaired) electrons. The third-order valence-electron chi connectivity index (χ3n) is 4.47. The fraction of sp³-hybridized carbons (Fsp3) is 0.0952. The van der Waals surface area contributed by atoms with Crippen LogP contribution in [0.2, 0.25) is 5.02 Å². The molecule has 9 nitrogen and oxygen atoms in total. The van der Waals surface area contributed by atoms with E-state index in [0.29, 0.717) is 28.1 Å². The second-order valence-electron chi connectivity index (χ2n) is 6.72. The predicted octanol–water partition coefficient (Wildman–Crippen LogP) is 4.27. The van der Waals surface area contributed by atoms with Crippen LogP contribution in [0, 0.1) is 10.1 Å². The van der Waals surface area contributed by atoms with E-state index in [1.54, 1.807) is 0 Å². The van der Waals surface area contributed by atoms with Gasteiger partial charge in [0.05, 0.1) is 10.7 Å². The summed E-state index contributed by atoms with van der Waals surface area (Å²) in [6, 6.07) is 17.0. The molecule has 0 aliphatic rings. The van der Waals surface area contributed by atoms with Gasteiger partial charge in [0.2, 0.25) is 11.1 Å². The first-order valence-corrected chi connectivity index (χ1v) is 10.9. The van der Waals surface area contributed by atoms with Gasteiger partial charge < -0.3 is 5.32 Å². The molecule has 4 rings (SSSR count). The van der Waals surface area contributed by atoms with Crippen molar-refractivity contribution in [2.45, 2.75) is 11.6 Å². The molecule has 11 heteroatoms. The van der Waals surface area contributed by atoms with Crippen LogP contribution in [0.15, 0.2) is 78.2 Å². The van der Waals surface area contributed by atoms with E-state index in [-0.39, 0.29) is 17.3 Å². The highest BCUT2D eigenvalue weighted by molar-refractivity contribution is 7.99. The molecule has 1 N–H and O–H groups in total. The minimum absolute atomic E-state index is 0.0367. The summed E-state index contributed by atoms with van der Waals surface area (Å²) in [5, 5.41) is 23.3. The number of nitro benzene ring substituents is 1. The number of carbonyl (C=O) groups excluding carboxylic acids is 1. The van der Waals surface area contributed by atoms with Gasteiger partial charge in [-0.2, -0.15) is 0 Å². The molecule has 0 fully saturated rings. The van der Waals surface area contributed by atoms with Gasteiger partial charge in [-0.15, -0.1) is 10.2 Å². The van der Waals surface area contributed by atoms with Crippen molar-refractivity contribution >= 4 is 40.6 Å². The number of hydrogen-bond donors (Lipinski definition) is 1. The lowest BCUT2D eigenvalue weighted by atomic mass is 10.1. The normalized spacial score (nSPS) is 10.8. The molecular formula is C21H17ClN6O3S. The summed E-state index contributed by atoms with van der Waals surface area (Å²) < 4.78 is 3.69. The Balaban J connectivity index is 1.47. The Labute approximate surface area is 192 Å². The van der Waals surface area contributed by atoms with Gasteiger partial charge in [-0.05, 0) is 42.0 Å². The van der Waals surface area contributed by atoms with E-state index in [2.05, 4.69) is 15.5 Å². The third-order valence-corrected chi connectivity index (χ3v) is 5.64. The van der Waals surface area contributed by atoms with Gasteiger partial charge in [0.1, 0.15) is 0 Å². The number of thioether (sulfide) groups is 1. The molecule has 4 aromatic rings. The molecular weight excluding hydrogens is 452 g/mol. The lowest BCUT2D eigenvalue weighted by Gasteiger charge is -2.11. The maximum Gasteiger partial charge on any atom is 0.269 e. The number of amides is 1. The molecule has 0 bridgehead atoms. The molecule has 0 aliphatic heterocycles. The fourth-order valence-electron chi connectivity index (χ4n) is 2.97. The molecule has 2 aromatic heterocycles. The zero-order valence-electron chi connectivity index (χ0n) is 16.6. The molecule has 162 valence electrons. The van der Waals surface area contributed by atoms with Gasteiger partial charge in [0, 0.05) is 41.7 Å². The van der Waals surface area contributed by atoms with Crippen molar-refractivity contribution in [3.63, 3.8) is 0 Å². The van der Waals surface area contributed by atoms with Gasteiger partial charge in [0.25, 0.3) is 5.69 Å². The van der Waals surface area contributed by atoms with Gasteiger partial charge in [-0.25, -0.2) is 4.68 Å². The van der Waals surface area contributed by atoms with Crippen molar-refractivity contribution in [3.8, 4) is 0 Å². The second kappa shape index (κ2) is 9.67. The Bertz CT molecular complexity index is 1220. The summed E-state index contributed by atoms with van der Waals surface area (Å²) in [6.45, 7) is 0. The van der Waals surface area contributed by atoms with Gasteiger partial charge in [0.15, 0.2) is 5.82 Å². The zero-order chi connectivity index (χ0) is 22.5. The molecule has 1 amide bonds. The number of nitrogens with one attached hydrogen (secondary N) is 1. The largest absolute Gasteiger partial charge is 0.325 e. The number of nitrogens with zero attached hydrogens (tertiary/aromatic N) is 5. The van der Waals surface area contributed by atoms with E-state index >= 15 is 0 Å². The van der Waals surface area contributed by atoms with Crippen LogP contribution in [-0.2, 0) is 11.2 Å². The van der Waals surface area contributed by atoms with E-state index in [9.17, 15) is 14.9 Å². The molecule has 0 aliphatic carbocycles. The van der Waals surface area contributed by atoms with E-state index in [4.69, 9.17) is 11.6 Å². The summed E-state index contributed by atoms with van der Waals surface area (Å²) in [5.74, 6) is 0.545. The van der Waals surface area contributed by atoms with Crippen molar-refractivity contribution in [2.75, 3.05) is 11.1 Å². The highest BCUT2D eigenvalue weighted by Gasteiger charge is 2.16. The number of hydrogen-bond acceptors (Lipinski definition) is 6. The Morgan fingerprint density at radius 2 is 1.75 bits per heavy atom. The molecule has 0 unspecified atom stereocenters. The van der Waals surface area contributed by atoms with Crippen molar-refractivity contribution < 1.29 is 9.72 Å². The number of carbonyl (C=O) groups is 1. The molecule has 2 heterocycles. The number of aromatic nitrogens is 4. The summed E-state index contributed by atoms with van der Waals surface area (Å²) in [5.41, 5.74) is 1.48. The lowest BCUT2D eigenvalue weighted by molar-refractivity contribution is -0.384. The van der Waals surface area contributed by atoms with E-state index in [1.807, 2.05) is 58.1 Å². The Hall–Kier alpha value is -3.63. The van der Waals surface area contributed by atoms with Gasteiger partial charge in [-0.1, -0.05) is 35.5 Å². The maximum absolute atomic E-state index is 12.4. The SMILES string of the molecule is O=C(CSc1nnc(Cc2ccc(Cl)cc2)n1-n1cccc1)Nc1ccc([N+](=O)[O-])cc1. The minimum Gasteiger partial charge on any atom is -0.325 e.